The predicted molar refractivity (Wildman–Crippen MR) is 263 cm³/mol. The molecule has 0 bridgehead atoms. The Bertz CT molecular complexity index is 4210. The molecule has 4 aromatic heterocycles. The Hall–Kier alpha value is -8.19. The molecule has 0 fully saturated rings. The van der Waals surface area contributed by atoms with Crippen molar-refractivity contribution in [2.45, 2.75) is 0 Å². The highest BCUT2D eigenvalue weighted by molar-refractivity contribution is 7.26. The van der Waals surface area contributed by atoms with Crippen LogP contribution in [0.5, 0.6) is 0 Å². The van der Waals surface area contributed by atoms with E-state index in [0.717, 1.165) is 59.8 Å². The molecular weight excluding hydrogens is 787 g/mol. The first-order valence-corrected chi connectivity index (χ1v) is 21.5. The van der Waals surface area contributed by atoms with Crippen LogP contribution in [-0.2, 0) is 0 Å². The van der Waals surface area contributed by atoms with Crippen LogP contribution in [0.1, 0.15) is 8.22 Å². The Balaban J connectivity index is 1.13. The van der Waals surface area contributed by atoms with Crippen LogP contribution in [0.25, 0.3) is 120 Å². The Morgan fingerprint density at radius 3 is 1.81 bits per heavy atom. The van der Waals surface area contributed by atoms with E-state index in [1.807, 2.05) is 72.8 Å². The molecule has 4 heterocycles. The van der Waals surface area contributed by atoms with E-state index < -0.39 is 0 Å². The van der Waals surface area contributed by atoms with Crippen molar-refractivity contribution in [3.05, 3.63) is 212 Å². The van der Waals surface area contributed by atoms with Crippen LogP contribution < -0.4 is 0 Å². The van der Waals surface area contributed by atoms with Gasteiger partial charge in [-0.3, -0.25) is 0 Å². The summed E-state index contributed by atoms with van der Waals surface area (Å²) in [4.78, 5) is 15.8. The maximum Gasteiger partial charge on any atom is 0.166 e. The van der Waals surface area contributed by atoms with Gasteiger partial charge in [-0.25, -0.2) is 15.0 Å². The first-order chi connectivity index (χ1) is 33.7. The van der Waals surface area contributed by atoms with Crippen LogP contribution in [0.2, 0.25) is 0 Å². The lowest BCUT2D eigenvalue weighted by Gasteiger charge is -2.16. The fraction of sp³-hybridized carbons (Fsp3) is 0. The van der Waals surface area contributed by atoms with Gasteiger partial charge in [0.05, 0.1) is 36.0 Å². The molecule has 9 aromatic carbocycles. The molecule has 0 aliphatic carbocycles. The maximum atomic E-state index is 9.35. The van der Waals surface area contributed by atoms with Gasteiger partial charge in [-0.05, 0) is 77.8 Å². The summed E-state index contributed by atoms with van der Waals surface area (Å²) >= 11 is 1.73. The predicted octanol–water partition coefficient (Wildman–Crippen LogP) is 15.1. The zero-order valence-electron chi connectivity index (χ0n) is 39.4. The van der Waals surface area contributed by atoms with Crippen molar-refractivity contribution < 1.29 is 8.22 Å². The van der Waals surface area contributed by atoms with Crippen molar-refractivity contribution in [3.8, 4) is 56.7 Å². The number of hydrogen-bond donors (Lipinski definition) is 0. The Kier molecular flexibility index (Phi) is 6.75. The summed E-state index contributed by atoms with van der Waals surface area (Å²) in [5, 5.41) is 4.77. The third kappa shape index (κ3) is 5.66. The lowest BCUT2D eigenvalue weighted by molar-refractivity contribution is 1.06. The van der Waals surface area contributed by atoms with Gasteiger partial charge in [-0.2, -0.15) is 0 Å². The van der Waals surface area contributed by atoms with Crippen molar-refractivity contribution in [1.29, 1.82) is 0 Å². The molecule has 0 unspecified atom stereocenters. The largest absolute Gasteiger partial charge is 0.309 e. The van der Waals surface area contributed by atoms with Crippen LogP contribution in [-0.4, -0.2) is 24.1 Å². The molecule has 0 N–H and O–H groups in total. The van der Waals surface area contributed by atoms with Gasteiger partial charge in [0.15, 0.2) is 17.5 Å². The maximum absolute atomic E-state index is 9.35. The van der Waals surface area contributed by atoms with Crippen molar-refractivity contribution in [1.82, 2.24) is 24.1 Å². The number of para-hydroxylation sites is 4. The molecule has 5 nitrogen and oxygen atoms in total. The quantitative estimate of drug-likeness (QED) is 0.168. The van der Waals surface area contributed by atoms with Crippen molar-refractivity contribution in [2.75, 3.05) is 0 Å². The van der Waals surface area contributed by atoms with Crippen LogP contribution in [0.4, 0.5) is 0 Å². The summed E-state index contributed by atoms with van der Waals surface area (Å²) < 4.78 is 60.6. The van der Waals surface area contributed by atoms with Crippen LogP contribution >= 0.6 is 11.3 Å². The fourth-order valence-corrected chi connectivity index (χ4v) is 10.4. The van der Waals surface area contributed by atoms with E-state index in [1.54, 1.807) is 15.9 Å². The van der Waals surface area contributed by atoms with E-state index >= 15 is 0 Å². The Morgan fingerprint density at radius 2 is 1.02 bits per heavy atom. The Morgan fingerprint density at radius 1 is 0.381 bits per heavy atom. The molecular formula is C57H35N5S. The SMILES string of the molecule is [2H]c1cc([2H])c2c(c1[2H])c1c([2H])c([2H])cc([2H])c1n2-c1ccc(-c2cccc3c2sc2ccccc23)cc1-c1nc(-c2ccccc2)nc(-c2ccc3c(c2)c2ccccc2n3-c2ccccc2)n1. The summed E-state index contributed by atoms with van der Waals surface area (Å²) in [6.07, 6.45) is 0. The van der Waals surface area contributed by atoms with Crippen LogP contribution in [0.3, 0.4) is 0 Å². The number of benzene rings is 9. The van der Waals surface area contributed by atoms with E-state index in [2.05, 4.69) is 95.6 Å². The van der Waals surface area contributed by atoms with Gasteiger partial charge in [0, 0.05) is 64.1 Å². The van der Waals surface area contributed by atoms with E-state index in [0.29, 0.717) is 28.7 Å². The van der Waals surface area contributed by atoms with Gasteiger partial charge in [0.25, 0.3) is 0 Å². The number of thiophene rings is 1. The van der Waals surface area contributed by atoms with Crippen LogP contribution in [0.15, 0.2) is 212 Å². The lowest BCUT2D eigenvalue weighted by atomic mass is 9.99. The second kappa shape index (κ2) is 14.2. The number of fused-ring (bicyclic) bond motifs is 9. The summed E-state index contributed by atoms with van der Waals surface area (Å²) in [6, 6.07) is 57.3. The molecule has 0 saturated carbocycles. The monoisotopic (exact) mass is 827 g/mol. The molecule has 294 valence electrons. The number of nitrogens with zero attached hydrogens (tertiary/aromatic N) is 5. The van der Waals surface area contributed by atoms with Gasteiger partial charge in [-0.1, -0.05) is 145 Å². The molecule has 13 aromatic rings. The number of aromatic nitrogens is 5. The first kappa shape index (κ1) is 29.9. The second-order valence-electron chi connectivity index (χ2n) is 15.5. The third-order valence-corrected chi connectivity index (χ3v) is 13.2. The first-order valence-electron chi connectivity index (χ1n) is 23.7. The summed E-state index contributed by atoms with van der Waals surface area (Å²) in [5.41, 5.74) is 8.13. The van der Waals surface area contributed by atoms with Gasteiger partial charge >= 0.3 is 0 Å². The minimum absolute atomic E-state index is 0.0538. The molecule has 13 rings (SSSR count). The van der Waals surface area contributed by atoms with Gasteiger partial charge in [0.1, 0.15) is 0 Å². The number of rotatable bonds is 6. The topological polar surface area (TPSA) is 48.5 Å². The van der Waals surface area contributed by atoms with Crippen LogP contribution in [0, 0.1) is 0 Å². The molecule has 0 radical (unpaired) electrons. The Labute approximate surface area is 374 Å². The lowest BCUT2D eigenvalue weighted by Crippen LogP contribution is -2.04. The molecule has 0 saturated heterocycles. The third-order valence-electron chi connectivity index (χ3n) is 11.9. The van der Waals surface area contributed by atoms with Gasteiger partial charge in [0.2, 0.25) is 0 Å². The van der Waals surface area contributed by atoms with Crippen molar-refractivity contribution >= 4 is 75.1 Å². The van der Waals surface area contributed by atoms with Crippen molar-refractivity contribution in [3.63, 3.8) is 0 Å². The molecule has 6 heteroatoms. The molecule has 0 spiro atoms. The van der Waals surface area contributed by atoms with Gasteiger partial charge in [-0.15, -0.1) is 11.3 Å². The minimum atomic E-state index is -0.185. The van der Waals surface area contributed by atoms with E-state index in [4.69, 9.17) is 20.4 Å². The normalized spacial score (nSPS) is 13.1. The summed E-state index contributed by atoms with van der Waals surface area (Å²) in [6.45, 7) is 0. The summed E-state index contributed by atoms with van der Waals surface area (Å²) in [5.74, 6) is 1.20. The van der Waals surface area contributed by atoms with Crippen molar-refractivity contribution in [2.24, 2.45) is 0 Å². The highest BCUT2D eigenvalue weighted by Gasteiger charge is 2.22. The standard InChI is InChI=1S/C57H35N5S/c1-3-16-36(17-4-1)55-58-56(38-31-33-51-46(35-38)43-22-9-11-26-48(43)61(51)39-18-5-2-6-19-39)60-57(59-55)47-34-37(40-24-15-25-45-44-23-10-14-29-53(44)63-54(40)45)30-32-52(47)62-49-27-12-7-20-41(49)42-21-8-13-28-50(42)62/h1-35H/i7D,8D,20D,21D,27D,28D. The minimum Gasteiger partial charge on any atom is -0.309 e. The average Bonchev–Trinajstić information content (AvgIpc) is 4.06. The molecule has 0 atom stereocenters. The fourth-order valence-electron chi connectivity index (χ4n) is 9.12. The molecule has 0 aliphatic heterocycles. The number of hydrogen-bond acceptors (Lipinski definition) is 4. The van der Waals surface area contributed by atoms with E-state index in [9.17, 15) is 2.74 Å². The average molecular weight is 828 g/mol. The molecule has 0 aliphatic rings. The zero-order valence-corrected chi connectivity index (χ0v) is 34.2. The smallest absolute Gasteiger partial charge is 0.166 e. The highest BCUT2D eigenvalue weighted by Crippen LogP contribution is 2.43. The molecule has 0 amide bonds. The van der Waals surface area contributed by atoms with E-state index in [-0.39, 0.29) is 58.1 Å². The molecule has 63 heavy (non-hydrogen) atoms. The summed E-state index contributed by atoms with van der Waals surface area (Å²) in [7, 11) is 0. The second-order valence-corrected chi connectivity index (χ2v) is 16.6. The highest BCUT2D eigenvalue weighted by atomic mass is 32.1. The van der Waals surface area contributed by atoms with Gasteiger partial charge < -0.3 is 9.13 Å². The zero-order chi connectivity index (χ0) is 46.7. The van der Waals surface area contributed by atoms with E-state index in [1.165, 1.54) is 22.2 Å².